The van der Waals surface area contributed by atoms with E-state index in [-0.39, 0.29) is 5.82 Å². The largest absolute Gasteiger partial charge is 0.339 e. The third-order valence-corrected chi connectivity index (χ3v) is 2.81. The van der Waals surface area contributed by atoms with Crippen molar-refractivity contribution in [1.29, 1.82) is 0 Å². The quantitative estimate of drug-likeness (QED) is 0.903. The summed E-state index contributed by atoms with van der Waals surface area (Å²) in [5.74, 6) is 1.11. The average molecular weight is 249 g/mol. The molecule has 2 rings (SSSR count). The van der Waals surface area contributed by atoms with Crippen molar-refractivity contribution in [3.8, 4) is 11.4 Å². The van der Waals surface area contributed by atoms with Gasteiger partial charge in [-0.3, -0.25) is 0 Å². The Balaban J connectivity index is 2.21. The number of rotatable bonds is 4. The third kappa shape index (κ3) is 2.73. The summed E-state index contributed by atoms with van der Waals surface area (Å²) >= 11 is 0. The van der Waals surface area contributed by atoms with Gasteiger partial charge >= 0.3 is 0 Å². The molecule has 2 aromatic rings. The summed E-state index contributed by atoms with van der Waals surface area (Å²) in [7, 11) is 0. The maximum Gasteiger partial charge on any atom is 0.227 e. The summed E-state index contributed by atoms with van der Waals surface area (Å²) in [5, 5.41) is 3.90. The van der Waals surface area contributed by atoms with Crippen LogP contribution in [0.15, 0.2) is 22.7 Å². The van der Waals surface area contributed by atoms with E-state index in [2.05, 4.69) is 10.1 Å². The van der Waals surface area contributed by atoms with E-state index >= 15 is 0 Å². The van der Waals surface area contributed by atoms with Gasteiger partial charge in [0.25, 0.3) is 0 Å². The molecule has 0 saturated carbocycles. The molecule has 1 heterocycles. The SMILES string of the molecule is Cc1cc(-c2noc(CC(C)CN)n2)ccc1F. The molecule has 0 spiro atoms. The first kappa shape index (κ1) is 12.7. The van der Waals surface area contributed by atoms with Gasteiger partial charge in [0.2, 0.25) is 11.7 Å². The first-order valence-electron chi connectivity index (χ1n) is 5.89. The number of aromatic nitrogens is 2. The number of hydrogen-bond donors (Lipinski definition) is 1. The summed E-state index contributed by atoms with van der Waals surface area (Å²) in [6.45, 7) is 4.30. The van der Waals surface area contributed by atoms with Crippen molar-refractivity contribution >= 4 is 0 Å². The van der Waals surface area contributed by atoms with Crippen LogP contribution in [0, 0.1) is 18.7 Å². The minimum absolute atomic E-state index is 0.237. The maximum absolute atomic E-state index is 13.2. The lowest BCUT2D eigenvalue weighted by Crippen LogP contribution is -2.13. The Morgan fingerprint density at radius 2 is 2.22 bits per heavy atom. The Morgan fingerprint density at radius 3 is 2.89 bits per heavy atom. The second kappa shape index (κ2) is 5.27. The van der Waals surface area contributed by atoms with Gasteiger partial charge in [-0.05, 0) is 43.1 Å². The highest BCUT2D eigenvalue weighted by Gasteiger charge is 2.12. The highest BCUT2D eigenvalue weighted by molar-refractivity contribution is 5.55. The Labute approximate surface area is 105 Å². The first-order chi connectivity index (χ1) is 8.60. The van der Waals surface area contributed by atoms with Gasteiger partial charge in [0, 0.05) is 12.0 Å². The molecule has 1 aromatic heterocycles. The number of aryl methyl sites for hydroxylation is 1. The van der Waals surface area contributed by atoms with Crippen LogP contribution in [0.3, 0.4) is 0 Å². The van der Waals surface area contributed by atoms with E-state index in [0.29, 0.717) is 36.2 Å². The number of nitrogens with two attached hydrogens (primary N) is 1. The fourth-order valence-corrected chi connectivity index (χ4v) is 1.62. The molecule has 0 aliphatic heterocycles. The highest BCUT2D eigenvalue weighted by Crippen LogP contribution is 2.19. The van der Waals surface area contributed by atoms with Crippen LogP contribution < -0.4 is 5.73 Å². The van der Waals surface area contributed by atoms with Crippen LogP contribution in [-0.4, -0.2) is 16.7 Å². The van der Waals surface area contributed by atoms with Gasteiger partial charge in [-0.2, -0.15) is 4.98 Å². The lowest BCUT2D eigenvalue weighted by Gasteiger charge is -2.02. The Bertz CT molecular complexity index is 539. The van der Waals surface area contributed by atoms with Crippen molar-refractivity contribution < 1.29 is 8.91 Å². The van der Waals surface area contributed by atoms with Crippen LogP contribution in [-0.2, 0) is 6.42 Å². The minimum atomic E-state index is -0.237. The third-order valence-electron chi connectivity index (χ3n) is 2.81. The molecular formula is C13H16FN3O. The smallest absolute Gasteiger partial charge is 0.227 e. The van der Waals surface area contributed by atoms with Crippen LogP contribution in [0.5, 0.6) is 0 Å². The van der Waals surface area contributed by atoms with Gasteiger partial charge in [-0.1, -0.05) is 12.1 Å². The number of hydrogen-bond acceptors (Lipinski definition) is 4. The van der Waals surface area contributed by atoms with Crippen LogP contribution in [0.1, 0.15) is 18.4 Å². The number of halogens is 1. The lowest BCUT2D eigenvalue weighted by molar-refractivity contribution is 0.360. The molecule has 0 amide bonds. The molecule has 96 valence electrons. The first-order valence-corrected chi connectivity index (χ1v) is 5.89. The van der Waals surface area contributed by atoms with Gasteiger partial charge in [0.15, 0.2) is 0 Å². The van der Waals surface area contributed by atoms with E-state index < -0.39 is 0 Å². The molecule has 0 fully saturated rings. The van der Waals surface area contributed by atoms with Crippen LogP contribution in [0.2, 0.25) is 0 Å². The molecule has 1 aromatic carbocycles. The van der Waals surface area contributed by atoms with Gasteiger partial charge < -0.3 is 10.3 Å². The summed E-state index contributed by atoms with van der Waals surface area (Å²) in [6, 6.07) is 4.75. The standard InChI is InChI=1S/C13H16FN3O/c1-8(7-15)5-12-16-13(17-18-12)10-3-4-11(14)9(2)6-10/h3-4,6,8H,5,7,15H2,1-2H3. The zero-order chi connectivity index (χ0) is 13.1. The van der Waals surface area contributed by atoms with E-state index in [1.54, 1.807) is 19.1 Å². The van der Waals surface area contributed by atoms with E-state index in [4.69, 9.17) is 10.3 Å². The fraction of sp³-hybridized carbons (Fsp3) is 0.385. The molecule has 0 saturated heterocycles. The Hall–Kier alpha value is -1.75. The maximum atomic E-state index is 13.2. The normalized spacial score (nSPS) is 12.7. The zero-order valence-electron chi connectivity index (χ0n) is 10.5. The molecule has 4 nitrogen and oxygen atoms in total. The Kier molecular flexibility index (Phi) is 3.72. The molecule has 1 unspecified atom stereocenters. The van der Waals surface area contributed by atoms with Gasteiger partial charge in [-0.25, -0.2) is 4.39 Å². The monoisotopic (exact) mass is 249 g/mol. The van der Waals surface area contributed by atoms with Crippen molar-refractivity contribution in [3.63, 3.8) is 0 Å². The van der Waals surface area contributed by atoms with E-state index in [9.17, 15) is 4.39 Å². The number of nitrogens with zero attached hydrogens (tertiary/aromatic N) is 2. The predicted octanol–water partition coefficient (Wildman–Crippen LogP) is 2.32. The summed E-state index contributed by atoms with van der Waals surface area (Å²) in [4.78, 5) is 4.28. The predicted molar refractivity (Wildman–Crippen MR) is 66.4 cm³/mol. The van der Waals surface area contributed by atoms with Crippen molar-refractivity contribution in [2.45, 2.75) is 20.3 Å². The van der Waals surface area contributed by atoms with Gasteiger partial charge in [0.05, 0.1) is 0 Å². The van der Waals surface area contributed by atoms with Gasteiger partial charge in [0.1, 0.15) is 5.82 Å². The van der Waals surface area contributed by atoms with Crippen LogP contribution in [0.25, 0.3) is 11.4 Å². The molecule has 0 aliphatic carbocycles. The second-order valence-corrected chi connectivity index (χ2v) is 4.52. The highest BCUT2D eigenvalue weighted by atomic mass is 19.1. The summed E-state index contributed by atoms with van der Waals surface area (Å²) in [6.07, 6.45) is 0.656. The molecule has 18 heavy (non-hydrogen) atoms. The van der Waals surface area contributed by atoms with Crippen molar-refractivity contribution in [3.05, 3.63) is 35.5 Å². The molecule has 1 atom stereocenters. The second-order valence-electron chi connectivity index (χ2n) is 4.52. The van der Waals surface area contributed by atoms with E-state index in [0.717, 1.165) is 5.56 Å². The van der Waals surface area contributed by atoms with Crippen molar-refractivity contribution in [2.24, 2.45) is 11.7 Å². The van der Waals surface area contributed by atoms with Crippen molar-refractivity contribution in [2.75, 3.05) is 6.54 Å². The van der Waals surface area contributed by atoms with E-state index in [1.165, 1.54) is 6.07 Å². The zero-order valence-corrected chi connectivity index (χ0v) is 10.5. The fourth-order valence-electron chi connectivity index (χ4n) is 1.62. The molecule has 0 radical (unpaired) electrons. The topological polar surface area (TPSA) is 64.9 Å². The Morgan fingerprint density at radius 1 is 1.44 bits per heavy atom. The summed E-state index contributed by atoms with van der Waals surface area (Å²) in [5.41, 5.74) is 6.86. The minimum Gasteiger partial charge on any atom is -0.339 e. The molecule has 2 N–H and O–H groups in total. The molecular weight excluding hydrogens is 233 g/mol. The van der Waals surface area contributed by atoms with E-state index in [1.807, 2.05) is 6.92 Å². The van der Waals surface area contributed by atoms with Crippen molar-refractivity contribution in [1.82, 2.24) is 10.1 Å². The summed E-state index contributed by atoms with van der Waals surface area (Å²) < 4.78 is 18.3. The van der Waals surface area contributed by atoms with Crippen LogP contribution in [0.4, 0.5) is 4.39 Å². The molecule has 5 heteroatoms. The molecule has 0 bridgehead atoms. The average Bonchev–Trinajstić information content (AvgIpc) is 2.81. The molecule has 0 aliphatic rings. The van der Waals surface area contributed by atoms with Crippen LogP contribution >= 0.6 is 0 Å². The number of benzene rings is 1. The van der Waals surface area contributed by atoms with Gasteiger partial charge in [-0.15, -0.1) is 0 Å². The lowest BCUT2D eigenvalue weighted by atomic mass is 10.1.